The van der Waals surface area contributed by atoms with Gasteiger partial charge in [-0.05, 0) is 24.3 Å². The number of carbonyl (C=O) groups is 1. The van der Waals surface area contributed by atoms with Crippen molar-refractivity contribution in [3.8, 4) is 0 Å². The molecule has 0 saturated heterocycles. The highest BCUT2D eigenvalue weighted by atomic mass is 79.9. The second-order valence-electron chi connectivity index (χ2n) is 4.16. The van der Waals surface area contributed by atoms with Gasteiger partial charge in [0.1, 0.15) is 0 Å². The maximum atomic E-state index is 13.4. The lowest BCUT2D eigenvalue weighted by molar-refractivity contribution is 0.104. The number of halogens is 6. The quantitative estimate of drug-likeness (QED) is 0.241. The molecule has 0 fully saturated rings. The molecule has 0 bridgehead atoms. The number of allylic oxidation sites excluding steroid dienone is 1. The summed E-state index contributed by atoms with van der Waals surface area (Å²) in [4.78, 5) is 11.9. The van der Waals surface area contributed by atoms with Crippen LogP contribution in [-0.2, 0) is 0 Å². The van der Waals surface area contributed by atoms with Gasteiger partial charge in [0.2, 0.25) is 5.82 Å². The number of benzene rings is 2. The average molecular weight is 377 g/mol. The van der Waals surface area contributed by atoms with E-state index in [1.165, 1.54) is 6.07 Å². The highest BCUT2D eigenvalue weighted by molar-refractivity contribution is 9.10. The van der Waals surface area contributed by atoms with Crippen molar-refractivity contribution < 1.29 is 26.7 Å². The lowest BCUT2D eigenvalue weighted by Crippen LogP contribution is -2.04. The van der Waals surface area contributed by atoms with Gasteiger partial charge in [0.15, 0.2) is 29.1 Å². The fourth-order valence-corrected chi connectivity index (χ4v) is 2.16. The smallest absolute Gasteiger partial charge is 0.200 e. The van der Waals surface area contributed by atoms with Gasteiger partial charge in [-0.1, -0.05) is 28.1 Å². The molecule has 0 amide bonds. The minimum Gasteiger partial charge on any atom is -0.289 e. The molecule has 0 heterocycles. The van der Waals surface area contributed by atoms with Crippen LogP contribution in [0.3, 0.4) is 0 Å². The number of hydrogen-bond donors (Lipinski definition) is 0. The van der Waals surface area contributed by atoms with Crippen LogP contribution in [0.2, 0.25) is 0 Å². The molecule has 0 aliphatic carbocycles. The zero-order valence-corrected chi connectivity index (χ0v) is 12.2. The Balaban J connectivity index is 2.44. The number of rotatable bonds is 3. The third kappa shape index (κ3) is 2.94. The summed E-state index contributed by atoms with van der Waals surface area (Å²) < 4.78 is 66.3. The molecule has 0 aromatic heterocycles. The van der Waals surface area contributed by atoms with Gasteiger partial charge < -0.3 is 0 Å². The molecular formula is C15H6BrF5O. The van der Waals surface area contributed by atoms with Crippen LogP contribution in [0.4, 0.5) is 22.0 Å². The Hall–Kier alpha value is -2.02. The SMILES string of the molecule is O=C(/C=C/c1c(F)c(F)c(F)c(F)c1F)c1ccccc1Br. The van der Waals surface area contributed by atoms with Crippen LogP contribution >= 0.6 is 15.9 Å². The number of carbonyl (C=O) groups excluding carboxylic acids is 1. The van der Waals surface area contributed by atoms with E-state index in [-0.39, 0.29) is 5.56 Å². The molecule has 2 aromatic carbocycles. The van der Waals surface area contributed by atoms with Gasteiger partial charge in [0.25, 0.3) is 0 Å². The molecule has 0 atom stereocenters. The fourth-order valence-electron chi connectivity index (χ4n) is 1.68. The van der Waals surface area contributed by atoms with Gasteiger partial charge in [0.05, 0.1) is 5.56 Å². The predicted octanol–water partition coefficient (Wildman–Crippen LogP) is 5.04. The van der Waals surface area contributed by atoms with E-state index in [0.29, 0.717) is 10.5 Å². The van der Waals surface area contributed by atoms with Crippen molar-refractivity contribution in [1.29, 1.82) is 0 Å². The summed E-state index contributed by atoms with van der Waals surface area (Å²) in [5.74, 6) is -11.0. The van der Waals surface area contributed by atoms with Crippen molar-refractivity contribution in [3.63, 3.8) is 0 Å². The van der Waals surface area contributed by atoms with Crippen LogP contribution < -0.4 is 0 Å². The monoisotopic (exact) mass is 376 g/mol. The molecule has 2 rings (SSSR count). The van der Waals surface area contributed by atoms with Crippen LogP contribution in [0.25, 0.3) is 6.08 Å². The first-order valence-corrected chi connectivity index (χ1v) is 6.62. The first-order valence-electron chi connectivity index (χ1n) is 5.83. The zero-order valence-electron chi connectivity index (χ0n) is 10.6. The Labute approximate surface area is 130 Å². The van der Waals surface area contributed by atoms with Gasteiger partial charge in [0, 0.05) is 10.0 Å². The third-order valence-corrected chi connectivity index (χ3v) is 3.48. The van der Waals surface area contributed by atoms with Crippen molar-refractivity contribution in [2.45, 2.75) is 0 Å². The summed E-state index contributed by atoms with van der Waals surface area (Å²) in [5, 5.41) is 0. The summed E-state index contributed by atoms with van der Waals surface area (Å²) in [6, 6.07) is 6.22. The zero-order chi connectivity index (χ0) is 16.4. The number of hydrogen-bond acceptors (Lipinski definition) is 1. The molecule has 0 aliphatic rings. The van der Waals surface area contributed by atoms with E-state index < -0.39 is 40.4 Å². The topological polar surface area (TPSA) is 17.1 Å². The summed E-state index contributed by atoms with van der Waals surface area (Å²) in [5.41, 5.74) is -0.987. The molecule has 0 N–H and O–H groups in total. The average Bonchev–Trinajstić information content (AvgIpc) is 2.51. The van der Waals surface area contributed by atoms with Crippen LogP contribution in [0, 0.1) is 29.1 Å². The van der Waals surface area contributed by atoms with E-state index in [1.807, 2.05) is 0 Å². The molecule has 114 valence electrons. The Morgan fingerprint density at radius 2 is 1.36 bits per heavy atom. The normalized spacial score (nSPS) is 11.2. The van der Waals surface area contributed by atoms with Crippen LogP contribution in [-0.4, -0.2) is 5.78 Å². The lowest BCUT2D eigenvalue weighted by Gasteiger charge is -2.04. The largest absolute Gasteiger partial charge is 0.289 e. The van der Waals surface area contributed by atoms with Gasteiger partial charge in [-0.25, -0.2) is 22.0 Å². The molecule has 0 saturated carbocycles. The van der Waals surface area contributed by atoms with Crippen molar-refractivity contribution in [3.05, 3.63) is 75.0 Å². The Morgan fingerprint density at radius 1 is 0.864 bits per heavy atom. The highest BCUT2D eigenvalue weighted by Crippen LogP contribution is 2.24. The standard InChI is InChI=1S/C15H6BrF5O/c16-9-4-2-1-3-7(9)10(22)6-5-8-11(17)13(19)15(21)14(20)12(8)18/h1-6H/b6-5+. The molecule has 2 aromatic rings. The van der Waals surface area contributed by atoms with Crippen molar-refractivity contribution in [2.75, 3.05) is 0 Å². The van der Waals surface area contributed by atoms with E-state index in [1.54, 1.807) is 18.2 Å². The van der Waals surface area contributed by atoms with Gasteiger partial charge in [-0.2, -0.15) is 0 Å². The molecule has 7 heteroatoms. The molecular weight excluding hydrogens is 371 g/mol. The highest BCUT2D eigenvalue weighted by Gasteiger charge is 2.24. The molecule has 0 unspecified atom stereocenters. The molecule has 1 nitrogen and oxygen atoms in total. The Kier molecular flexibility index (Phi) is 4.75. The van der Waals surface area contributed by atoms with E-state index in [0.717, 1.165) is 6.08 Å². The first kappa shape index (κ1) is 16.4. The summed E-state index contributed by atoms with van der Waals surface area (Å²) in [7, 11) is 0. The molecule has 22 heavy (non-hydrogen) atoms. The van der Waals surface area contributed by atoms with Crippen LogP contribution in [0.15, 0.2) is 34.8 Å². The van der Waals surface area contributed by atoms with Crippen molar-refractivity contribution in [1.82, 2.24) is 0 Å². The Bertz CT molecular complexity index is 757. The van der Waals surface area contributed by atoms with E-state index in [4.69, 9.17) is 0 Å². The van der Waals surface area contributed by atoms with Crippen molar-refractivity contribution in [2.24, 2.45) is 0 Å². The van der Waals surface area contributed by atoms with Gasteiger partial charge in [-0.15, -0.1) is 0 Å². The van der Waals surface area contributed by atoms with E-state index >= 15 is 0 Å². The predicted molar refractivity (Wildman–Crippen MR) is 73.7 cm³/mol. The van der Waals surface area contributed by atoms with Crippen molar-refractivity contribution >= 4 is 27.8 Å². The molecule has 0 aliphatic heterocycles. The first-order chi connectivity index (χ1) is 10.3. The fraction of sp³-hybridized carbons (Fsp3) is 0. The molecule has 0 radical (unpaired) electrons. The summed E-state index contributed by atoms with van der Waals surface area (Å²) in [6.45, 7) is 0. The van der Waals surface area contributed by atoms with E-state index in [9.17, 15) is 26.7 Å². The van der Waals surface area contributed by atoms with Crippen LogP contribution in [0.1, 0.15) is 15.9 Å². The minimum atomic E-state index is -2.25. The number of ketones is 1. The maximum Gasteiger partial charge on any atom is 0.200 e. The second kappa shape index (κ2) is 6.39. The lowest BCUT2D eigenvalue weighted by atomic mass is 10.1. The third-order valence-electron chi connectivity index (χ3n) is 2.78. The van der Waals surface area contributed by atoms with Gasteiger partial charge >= 0.3 is 0 Å². The minimum absolute atomic E-state index is 0.183. The summed E-state index contributed by atoms with van der Waals surface area (Å²) in [6.07, 6.45) is 1.29. The van der Waals surface area contributed by atoms with Crippen LogP contribution in [0.5, 0.6) is 0 Å². The molecule has 0 spiro atoms. The Morgan fingerprint density at radius 3 is 1.91 bits per heavy atom. The maximum absolute atomic E-state index is 13.4. The van der Waals surface area contributed by atoms with E-state index in [2.05, 4.69) is 15.9 Å². The summed E-state index contributed by atoms with van der Waals surface area (Å²) >= 11 is 3.11. The second-order valence-corrected chi connectivity index (χ2v) is 5.02. The van der Waals surface area contributed by atoms with Gasteiger partial charge in [-0.3, -0.25) is 4.79 Å².